The van der Waals surface area contributed by atoms with Crippen LogP contribution in [0.2, 0.25) is 0 Å². The van der Waals surface area contributed by atoms with Gasteiger partial charge in [0.25, 0.3) is 0 Å². The van der Waals surface area contributed by atoms with Crippen molar-refractivity contribution in [3.05, 3.63) is 47.9 Å². The highest BCUT2D eigenvalue weighted by Gasteiger charge is 2.17. The first kappa shape index (κ1) is 12.4. The zero-order chi connectivity index (χ0) is 13.3. The Bertz CT molecular complexity index is 570. The van der Waals surface area contributed by atoms with Crippen molar-refractivity contribution < 1.29 is 14.3 Å². The monoisotopic (exact) mass is 247 g/mol. The molecule has 0 amide bonds. The normalized spacial score (nSPS) is 10.9. The summed E-state index contributed by atoms with van der Waals surface area (Å²) in [6, 6.07) is 9.37. The second-order valence-electron chi connectivity index (χ2n) is 4.38. The lowest BCUT2D eigenvalue weighted by Gasteiger charge is -2.15. The third kappa shape index (κ3) is 2.14. The molecule has 0 spiro atoms. The fourth-order valence-electron chi connectivity index (χ4n) is 2.03. The maximum Gasteiger partial charge on any atom is 0.352 e. The summed E-state index contributed by atoms with van der Waals surface area (Å²) >= 11 is 0. The quantitative estimate of drug-likeness (QED) is 0.900. The van der Waals surface area contributed by atoms with E-state index in [2.05, 4.69) is 0 Å². The van der Waals surface area contributed by atoms with Crippen molar-refractivity contribution in [1.29, 1.82) is 0 Å². The lowest BCUT2D eigenvalue weighted by molar-refractivity contribution is 0.0683. The topological polar surface area (TPSA) is 42.2 Å². The van der Waals surface area contributed by atoms with E-state index in [0.29, 0.717) is 0 Å². The molecule has 1 aromatic carbocycles. The minimum Gasteiger partial charge on any atom is -0.477 e. The molecule has 2 rings (SSSR count). The van der Waals surface area contributed by atoms with Crippen LogP contribution in [0.15, 0.2) is 36.4 Å². The van der Waals surface area contributed by atoms with Gasteiger partial charge in [-0.2, -0.15) is 0 Å². The van der Waals surface area contributed by atoms with Gasteiger partial charge in [0.2, 0.25) is 0 Å². The third-order valence-electron chi connectivity index (χ3n) is 2.79. The van der Waals surface area contributed by atoms with Crippen molar-refractivity contribution in [2.45, 2.75) is 19.9 Å². The molecular formula is C14H14FNO2. The van der Waals surface area contributed by atoms with E-state index in [1.807, 2.05) is 13.8 Å². The molecule has 2 aromatic rings. The summed E-state index contributed by atoms with van der Waals surface area (Å²) in [5, 5.41) is 9.14. The summed E-state index contributed by atoms with van der Waals surface area (Å²) in [5.74, 6) is -1.27. The van der Waals surface area contributed by atoms with Gasteiger partial charge in [-0.1, -0.05) is 0 Å². The van der Waals surface area contributed by atoms with Crippen LogP contribution in [0.25, 0.3) is 11.3 Å². The Kier molecular flexibility index (Phi) is 3.19. The Labute approximate surface area is 104 Å². The van der Waals surface area contributed by atoms with Crippen molar-refractivity contribution in [3.63, 3.8) is 0 Å². The number of halogens is 1. The summed E-state index contributed by atoms with van der Waals surface area (Å²) in [5.41, 5.74) is 1.82. The van der Waals surface area contributed by atoms with E-state index in [1.165, 1.54) is 12.1 Å². The highest BCUT2D eigenvalue weighted by atomic mass is 19.1. The van der Waals surface area contributed by atoms with E-state index in [4.69, 9.17) is 5.11 Å². The molecule has 0 radical (unpaired) electrons. The Morgan fingerprint density at radius 1 is 1.17 bits per heavy atom. The Balaban J connectivity index is 2.57. The van der Waals surface area contributed by atoms with E-state index in [9.17, 15) is 9.18 Å². The van der Waals surface area contributed by atoms with Gasteiger partial charge in [-0.3, -0.25) is 0 Å². The van der Waals surface area contributed by atoms with E-state index >= 15 is 0 Å². The Morgan fingerprint density at radius 2 is 1.78 bits per heavy atom. The van der Waals surface area contributed by atoms with Gasteiger partial charge in [0.1, 0.15) is 11.5 Å². The molecule has 3 nitrogen and oxygen atoms in total. The molecule has 1 N–H and O–H groups in total. The number of carboxylic acids is 1. The molecule has 0 unspecified atom stereocenters. The Hall–Kier alpha value is -2.10. The highest BCUT2D eigenvalue weighted by molar-refractivity contribution is 5.87. The molecule has 0 saturated carbocycles. The van der Waals surface area contributed by atoms with Crippen molar-refractivity contribution in [1.82, 2.24) is 4.57 Å². The Morgan fingerprint density at radius 3 is 2.28 bits per heavy atom. The van der Waals surface area contributed by atoms with Crippen LogP contribution in [-0.2, 0) is 0 Å². The third-order valence-corrected chi connectivity index (χ3v) is 2.79. The largest absolute Gasteiger partial charge is 0.477 e. The number of nitrogens with zero attached hydrogens (tertiary/aromatic N) is 1. The second-order valence-corrected chi connectivity index (χ2v) is 4.38. The summed E-state index contributed by atoms with van der Waals surface area (Å²) in [4.78, 5) is 11.1. The van der Waals surface area contributed by atoms with Gasteiger partial charge in [-0.05, 0) is 55.8 Å². The maximum absolute atomic E-state index is 12.9. The minimum atomic E-state index is -0.961. The lowest BCUT2D eigenvalue weighted by Crippen LogP contribution is -2.11. The summed E-state index contributed by atoms with van der Waals surface area (Å²) in [7, 11) is 0. The molecular weight excluding hydrogens is 233 g/mol. The molecule has 1 heterocycles. The number of aromatic nitrogens is 1. The highest BCUT2D eigenvalue weighted by Crippen LogP contribution is 2.26. The molecule has 0 aliphatic carbocycles. The van der Waals surface area contributed by atoms with Crippen LogP contribution >= 0.6 is 0 Å². The predicted molar refractivity (Wildman–Crippen MR) is 67.2 cm³/mol. The van der Waals surface area contributed by atoms with Crippen molar-refractivity contribution >= 4 is 5.97 Å². The number of hydrogen-bond acceptors (Lipinski definition) is 1. The first-order chi connectivity index (χ1) is 8.50. The molecule has 94 valence electrons. The van der Waals surface area contributed by atoms with Crippen LogP contribution in [0.3, 0.4) is 0 Å². The summed E-state index contributed by atoms with van der Waals surface area (Å²) < 4.78 is 14.6. The van der Waals surface area contributed by atoms with Gasteiger partial charge in [0, 0.05) is 11.7 Å². The van der Waals surface area contributed by atoms with Crippen LogP contribution in [0.4, 0.5) is 4.39 Å². The van der Waals surface area contributed by atoms with Crippen molar-refractivity contribution in [2.24, 2.45) is 0 Å². The zero-order valence-electron chi connectivity index (χ0n) is 10.2. The zero-order valence-corrected chi connectivity index (χ0v) is 10.2. The number of aromatic carboxylic acids is 1. The van der Waals surface area contributed by atoms with Crippen LogP contribution in [-0.4, -0.2) is 15.6 Å². The molecule has 18 heavy (non-hydrogen) atoms. The summed E-state index contributed by atoms with van der Waals surface area (Å²) in [6.45, 7) is 3.83. The molecule has 4 heteroatoms. The van der Waals surface area contributed by atoms with Crippen LogP contribution in [0, 0.1) is 5.82 Å². The average molecular weight is 247 g/mol. The smallest absolute Gasteiger partial charge is 0.352 e. The van der Waals surface area contributed by atoms with Gasteiger partial charge in [0.05, 0.1) is 0 Å². The van der Waals surface area contributed by atoms with E-state index < -0.39 is 5.97 Å². The van der Waals surface area contributed by atoms with E-state index in [0.717, 1.165) is 11.3 Å². The standard InChI is InChI=1S/C14H14FNO2/c1-9(2)16-12(7-8-13(16)14(17)18)10-3-5-11(15)6-4-10/h3-9H,1-2H3,(H,17,18). The molecule has 0 aliphatic rings. The predicted octanol–water partition coefficient (Wildman–Crippen LogP) is 3.57. The van der Waals surface area contributed by atoms with Crippen molar-refractivity contribution in [2.75, 3.05) is 0 Å². The molecule has 0 atom stereocenters. The van der Waals surface area contributed by atoms with Gasteiger partial charge >= 0.3 is 5.97 Å². The number of carbonyl (C=O) groups is 1. The van der Waals surface area contributed by atoms with Crippen LogP contribution in [0.5, 0.6) is 0 Å². The number of rotatable bonds is 3. The number of benzene rings is 1. The van der Waals surface area contributed by atoms with Gasteiger partial charge < -0.3 is 9.67 Å². The maximum atomic E-state index is 12.9. The molecule has 0 fully saturated rings. The van der Waals surface area contributed by atoms with Gasteiger partial charge in [-0.25, -0.2) is 9.18 Å². The SMILES string of the molecule is CC(C)n1c(C(=O)O)ccc1-c1ccc(F)cc1. The summed E-state index contributed by atoms with van der Waals surface area (Å²) in [6.07, 6.45) is 0. The van der Waals surface area contributed by atoms with Crippen LogP contribution < -0.4 is 0 Å². The fraction of sp³-hybridized carbons (Fsp3) is 0.214. The lowest BCUT2D eigenvalue weighted by atomic mass is 10.1. The fourth-order valence-corrected chi connectivity index (χ4v) is 2.03. The average Bonchev–Trinajstić information content (AvgIpc) is 2.74. The second kappa shape index (κ2) is 4.64. The first-order valence-electron chi connectivity index (χ1n) is 5.71. The molecule has 1 aromatic heterocycles. The van der Waals surface area contributed by atoms with Crippen molar-refractivity contribution in [3.8, 4) is 11.3 Å². The number of hydrogen-bond donors (Lipinski definition) is 1. The molecule has 0 saturated heterocycles. The molecule has 0 bridgehead atoms. The molecule has 0 aliphatic heterocycles. The first-order valence-corrected chi connectivity index (χ1v) is 5.71. The van der Waals surface area contributed by atoms with Gasteiger partial charge in [-0.15, -0.1) is 0 Å². The minimum absolute atomic E-state index is 0.0196. The van der Waals surface area contributed by atoms with E-state index in [1.54, 1.807) is 28.8 Å². The number of carboxylic acid groups (broad SMARTS) is 1. The van der Waals surface area contributed by atoms with Gasteiger partial charge in [0.15, 0.2) is 0 Å². The van der Waals surface area contributed by atoms with Crippen LogP contribution in [0.1, 0.15) is 30.4 Å². The van der Waals surface area contributed by atoms with E-state index in [-0.39, 0.29) is 17.6 Å².